The van der Waals surface area contributed by atoms with Crippen LogP contribution in [0.15, 0.2) is 59.7 Å². The van der Waals surface area contributed by atoms with Gasteiger partial charge in [-0.25, -0.2) is 5.43 Å². The fourth-order valence-electron chi connectivity index (χ4n) is 2.41. The predicted octanol–water partition coefficient (Wildman–Crippen LogP) is 3.32. The van der Waals surface area contributed by atoms with E-state index in [-0.39, 0.29) is 5.91 Å². The monoisotopic (exact) mass is 319 g/mol. The van der Waals surface area contributed by atoms with Gasteiger partial charge in [0.2, 0.25) is 0 Å². The number of nitrogens with zero attached hydrogens (tertiary/aromatic N) is 2. The lowest BCUT2D eigenvalue weighted by molar-refractivity contribution is 0.0956. The number of carbonyl (C=O) groups excluding carboxylic acids is 1. The zero-order valence-electron chi connectivity index (χ0n) is 13.5. The smallest absolute Gasteiger partial charge is 0.272 e. The van der Waals surface area contributed by atoms with Gasteiger partial charge in [0, 0.05) is 11.1 Å². The molecule has 24 heavy (non-hydrogen) atoms. The Bertz CT molecular complexity index is 902. The SMILES string of the molecule is COc1ccc(C=NNC(=O)c2cc(C)nc3ccccc23)cc1. The van der Waals surface area contributed by atoms with Crippen LogP contribution in [0.4, 0.5) is 0 Å². The summed E-state index contributed by atoms with van der Waals surface area (Å²) >= 11 is 0. The number of para-hydroxylation sites is 1. The molecule has 0 aliphatic heterocycles. The van der Waals surface area contributed by atoms with Gasteiger partial charge in [0.25, 0.3) is 5.91 Å². The number of nitrogens with one attached hydrogen (secondary N) is 1. The van der Waals surface area contributed by atoms with Crippen LogP contribution in [0.25, 0.3) is 10.9 Å². The number of hydrogen-bond acceptors (Lipinski definition) is 4. The van der Waals surface area contributed by atoms with E-state index >= 15 is 0 Å². The highest BCUT2D eigenvalue weighted by molar-refractivity contribution is 6.06. The first kappa shape index (κ1) is 15.7. The molecule has 0 saturated carbocycles. The van der Waals surface area contributed by atoms with Gasteiger partial charge in [-0.3, -0.25) is 9.78 Å². The molecule has 120 valence electrons. The van der Waals surface area contributed by atoms with E-state index in [1.807, 2.05) is 55.5 Å². The summed E-state index contributed by atoms with van der Waals surface area (Å²) in [6, 6.07) is 16.7. The van der Waals surface area contributed by atoms with Gasteiger partial charge in [0.1, 0.15) is 5.75 Å². The number of aryl methyl sites for hydroxylation is 1. The highest BCUT2D eigenvalue weighted by Gasteiger charge is 2.10. The number of pyridine rings is 1. The van der Waals surface area contributed by atoms with Crippen molar-refractivity contribution in [3.8, 4) is 5.75 Å². The Morgan fingerprint density at radius 2 is 1.92 bits per heavy atom. The van der Waals surface area contributed by atoms with Gasteiger partial charge in [0.05, 0.1) is 24.4 Å². The predicted molar refractivity (Wildman–Crippen MR) is 94.5 cm³/mol. The molecule has 0 aliphatic rings. The Morgan fingerprint density at radius 1 is 1.17 bits per heavy atom. The zero-order valence-corrected chi connectivity index (χ0v) is 13.5. The van der Waals surface area contributed by atoms with E-state index in [4.69, 9.17) is 4.74 Å². The second kappa shape index (κ2) is 6.91. The first-order valence-electron chi connectivity index (χ1n) is 7.51. The summed E-state index contributed by atoms with van der Waals surface area (Å²) in [5.74, 6) is 0.511. The molecule has 5 nitrogen and oxygen atoms in total. The van der Waals surface area contributed by atoms with Crippen molar-refractivity contribution in [3.05, 3.63) is 71.4 Å². The molecule has 0 unspecified atom stereocenters. The second-order valence-electron chi connectivity index (χ2n) is 5.30. The average Bonchev–Trinajstić information content (AvgIpc) is 2.61. The van der Waals surface area contributed by atoms with Gasteiger partial charge in [-0.05, 0) is 48.9 Å². The Labute approximate surface area is 140 Å². The third-order valence-electron chi connectivity index (χ3n) is 3.58. The van der Waals surface area contributed by atoms with E-state index in [0.717, 1.165) is 27.9 Å². The van der Waals surface area contributed by atoms with Crippen LogP contribution in [-0.2, 0) is 0 Å². The molecule has 0 saturated heterocycles. The number of carbonyl (C=O) groups is 1. The van der Waals surface area contributed by atoms with Crippen LogP contribution in [0.5, 0.6) is 5.75 Å². The molecule has 0 radical (unpaired) electrons. The molecule has 0 bridgehead atoms. The van der Waals surface area contributed by atoms with Crippen LogP contribution in [0.1, 0.15) is 21.6 Å². The van der Waals surface area contributed by atoms with Gasteiger partial charge in [-0.2, -0.15) is 5.10 Å². The molecule has 3 rings (SSSR count). The van der Waals surface area contributed by atoms with Crippen molar-refractivity contribution in [1.29, 1.82) is 0 Å². The Balaban J connectivity index is 1.78. The second-order valence-corrected chi connectivity index (χ2v) is 5.30. The summed E-state index contributed by atoms with van der Waals surface area (Å²) in [4.78, 5) is 16.9. The summed E-state index contributed by atoms with van der Waals surface area (Å²) in [5.41, 5.74) is 5.58. The average molecular weight is 319 g/mol. The Hall–Kier alpha value is -3.21. The Morgan fingerprint density at radius 3 is 2.67 bits per heavy atom. The number of hydrogen-bond donors (Lipinski definition) is 1. The number of fused-ring (bicyclic) bond motifs is 1. The van der Waals surface area contributed by atoms with E-state index < -0.39 is 0 Å². The molecule has 1 aromatic heterocycles. The maximum absolute atomic E-state index is 12.4. The molecule has 0 aliphatic carbocycles. The van der Waals surface area contributed by atoms with Crippen LogP contribution < -0.4 is 10.2 Å². The van der Waals surface area contributed by atoms with Crippen molar-refractivity contribution >= 4 is 23.0 Å². The van der Waals surface area contributed by atoms with E-state index in [1.165, 1.54) is 0 Å². The van der Waals surface area contributed by atoms with Crippen molar-refractivity contribution in [2.75, 3.05) is 7.11 Å². The van der Waals surface area contributed by atoms with Crippen molar-refractivity contribution in [3.63, 3.8) is 0 Å². The van der Waals surface area contributed by atoms with Crippen LogP contribution in [0, 0.1) is 6.92 Å². The molecule has 1 amide bonds. The molecule has 0 spiro atoms. The number of hydrazone groups is 1. The van der Waals surface area contributed by atoms with Crippen LogP contribution in [0.3, 0.4) is 0 Å². The fraction of sp³-hybridized carbons (Fsp3) is 0.105. The maximum Gasteiger partial charge on any atom is 0.272 e. The van der Waals surface area contributed by atoms with E-state index in [0.29, 0.717) is 5.56 Å². The summed E-state index contributed by atoms with van der Waals surface area (Å²) in [6.45, 7) is 1.86. The largest absolute Gasteiger partial charge is 0.497 e. The maximum atomic E-state index is 12.4. The molecule has 0 fully saturated rings. The van der Waals surface area contributed by atoms with E-state index in [9.17, 15) is 4.79 Å². The first-order valence-corrected chi connectivity index (χ1v) is 7.51. The normalized spacial score (nSPS) is 10.9. The van der Waals surface area contributed by atoms with E-state index in [1.54, 1.807) is 19.4 Å². The van der Waals surface area contributed by atoms with Crippen molar-refractivity contribution in [2.45, 2.75) is 6.92 Å². The number of aromatic nitrogens is 1. The summed E-state index contributed by atoms with van der Waals surface area (Å²) < 4.78 is 5.10. The molecule has 3 aromatic rings. The van der Waals surface area contributed by atoms with Crippen molar-refractivity contribution in [1.82, 2.24) is 10.4 Å². The molecule has 1 N–H and O–H groups in total. The van der Waals surface area contributed by atoms with Crippen LogP contribution >= 0.6 is 0 Å². The number of benzene rings is 2. The third-order valence-corrected chi connectivity index (χ3v) is 3.58. The third kappa shape index (κ3) is 3.41. The van der Waals surface area contributed by atoms with Gasteiger partial charge in [-0.15, -0.1) is 0 Å². The van der Waals surface area contributed by atoms with E-state index in [2.05, 4.69) is 15.5 Å². The minimum Gasteiger partial charge on any atom is -0.497 e. The molecule has 2 aromatic carbocycles. The highest BCUT2D eigenvalue weighted by atomic mass is 16.5. The minimum absolute atomic E-state index is 0.263. The Kier molecular flexibility index (Phi) is 4.52. The van der Waals surface area contributed by atoms with Crippen molar-refractivity contribution in [2.24, 2.45) is 5.10 Å². The fourth-order valence-corrected chi connectivity index (χ4v) is 2.41. The topological polar surface area (TPSA) is 63.6 Å². The molecule has 1 heterocycles. The lowest BCUT2D eigenvalue weighted by atomic mass is 10.1. The van der Waals surface area contributed by atoms with Gasteiger partial charge < -0.3 is 4.74 Å². The lowest BCUT2D eigenvalue weighted by Gasteiger charge is -2.06. The lowest BCUT2D eigenvalue weighted by Crippen LogP contribution is -2.18. The standard InChI is InChI=1S/C19H17N3O2/c1-13-11-17(16-5-3-4-6-18(16)21-13)19(23)22-20-12-14-7-9-15(24-2)10-8-14/h3-12H,1-2H3,(H,22,23). The highest BCUT2D eigenvalue weighted by Crippen LogP contribution is 2.18. The summed E-state index contributed by atoms with van der Waals surface area (Å²) in [7, 11) is 1.62. The van der Waals surface area contributed by atoms with Gasteiger partial charge in [0.15, 0.2) is 0 Å². The quantitative estimate of drug-likeness (QED) is 0.593. The summed E-state index contributed by atoms with van der Waals surface area (Å²) in [5, 5.41) is 4.83. The molecular weight excluding hydrogens is 302 g/mol. The number of rotatable bonds is 4. The van der Waals surface area contributed by atoms with Gasteiger partial charge >= 0.3 is 0 Å². The van der Waals surface area contributed by atoms with Crippen LogP contribution in [0.2, 0.25) is 0 Å². The van der Waals surface area contributed by atoms with Crippen molar-refractivity contribution < 1.29 is 9.53 Å². The zero-order chi connectivity index (χ0) is 16.9. The first-order chi connectivity index (χ1) is 11.7. The molecular formula is C19H17N3O2. The minimum atomic E-state index is -0.263. The van der Waals surface area contributed by atoms with Gasteiger partial charge in [-0.1, -0.05) is 18.2 Å². The number of methoxy groups -OCH3 is 1. The number of amides is 1. The molecule has 5 heteroatoms. The number of ether oxygens (including phenoxy) is 1. The summed E-state index contributed by atoms with van der Waals surface area (Å²) in [6.07, 6.45) is 1.59. The molecule has 0 atom stereocenters. The van der Waals surface area contributed by atoms with Crippen LogP contribution in [-0.4, -0.2) is 24.2 Å².